The molecule has 0 fully saturated rings. The van der Waals surface area contributed by atoms with E-state index in [1.165, 1.54) is 37.1 Å². The van der Waals surface area contributed by atoms with Crippen molar-refractivity contribution in [3.8, 4) is 0 Å². The van der Waals surface area contributed by atoms with Crippen LogP contribution in [0.5, 0.6) is 0 Å². The first-order chi connectivity index (χ1) is 10.9. The molecule has 4 aromatic rings. The number of fused-ring (bicyclic) bond motifs is 4. The van der Waals surface area contributed by atoms with Gasteiger partial charge in [-0.05, 0) is 42.3 Å². The van der Waals surface area contributed by atoms with Gasteiger partial charge in [0, 0.05) is 38.1 Å². The van der Waals surface area contributed by atoms with Gasteiger partial charge in [0.25, 0.3) is 0 Å². The van der Waals surface area contributed by atoms with Crippen LogP contribution in [0.3, 0.4) is 0 Å². The molecule has 2 heteroatoms. The average Bonchev–Trinajstić information content (AvgIpc) is 3.15. The van der Waals surface area contributed by atoms with Gasteiger partial charge in [-0.3, -0.25) is 0 Å². The normalized spacial score (nSPS) is 13.9. The van der Waals surface area contributed by atoms with Crippen molar-refractivity contribution in [1.82, 2.24) is 0 Å². The Balaban J connectivity index is 1.71. The maximum Gasteiger partial charge on any atom is 0.0444 e. The molecule has 0 saturated heterocycles. The zero-order valence-corrected chi connectivity index (χ0v) is 12.9. The second kappa shape index (κ2) is 4.59. The molecule has 1 aromatic heterocycles. The Bertz CT molecular complexity index is 999. The molecule has 1 nitrogen and oxygen atoms in total. The van der Waals surface area contributed by atoms with Gasteiger partial charge >= 0.3 is 0 Å². The zero-order valence-electron chi connectivity index (χ0n) is 12.1. The van der Waals surface area contributed by atoms with Crippen LogP contribution in [0.25, 0.3) is 20.2 Å². The number of hydrogen-bond acceptors (Lipinski definition) is 2. The molecule has 106 valence electrons. The quantitative estimate of drug-likeness (QED) is 0.433. The molecule has 1 aliphatic heterocycles. The van der Waals surface area contributed by atoms with Gasteiger partial charge in [-0.2, -0.15) is 0 Å². The van der Waals surface area contributed by atoms with E-state index in [1.54, 1.807) is 0 Å². The Morgan fingerprint density at radius 2 is 1.59 bits per heavy atom. The number of benzene rings is 3. The van der Waals surface area contributed by atoms with Gasteiger partial charge in [-0.15, -0.1) is 11.3 Å². The Labute approximate surface area is 133 Å². The van der Waals surface area contributed by atoms with Crippen molar-refractivity contribution in [3.63, 3.8) is 0 Å². The summed E-state index contributed by atoms with van der Waals surface area (Å²) < 4.78 is 2.74. The van der Waals surface area contributed by atoms with Crippen molar-refractivity contribution in [2.45, 2.75) is 6.42 Å². The summed E-state index contributed by atoms with van der Waals surface area (Å²) in [6, 6.07) is 24.3. The lowest BCUT2D eigenvalue weighted by Crippen LogP contribution is -2.12. The van der Waals surface area contributed by atoms with Crippen LogP contribution in [0.4, 0.5) is 11.4 Å². The molecule has 2 heterocycles. The number of hydrogen-bond donors (Lipinski definition) is 0. The third kappa shape index (κ3) is 1.71. The van der Waals surface area contributed by atoms with Crippen LogP contribution in [0.2, 0.25) is 0 Å². The van der Waals surface area contributed by atoms with Crippen LogP contribution in [-0.2, 0) is 6.42 Å². The van der Waals surface area contributed by atoms with Crippen LogP contribution in [-0.4, -0.2) is 6.54 Å². The third-order valence-electron chi connectivity index (χ3n) is 4.56. The molecule has 0 unspecified atom stereocenters. The van der Waals surface area contributed by atoms with E-state index in [0.29, 0.717) is 0 Å². The van der Waals surface area contributed by atoms with E-state index in [9.17, 15) is 0 Å². The first-order valence-electron chi connectivity index (χ1n) is 7.67. The SMILES string of the molecule is c1ccc2c(c1)CCN2c1ccc2sc3ccccc3c2c1. The molecule has 0 amide bonds. The minimum Gasteiger partial charge on any atom is -0.341 e. The van der Waals surface area contributed by atoms with Gasteiger partial charge in [0.05, 0.1) is 0 Å². The molecular formula is C20H15NS. The van der Waals surface area contributed by atoms with Crippen molar-refractivity contribution >= 4 is 42.9 Å². The molecule has 0 atom stereocenters. The molecular weight excluding hydrogens is 286 g/mol. The predicted octanol–water partition coefficient (Wildman–Crippen LogP) is 5.75. The van der Waals surface area contributed by atoms with Crippen LogP contribution < -0.4 is 4.90 Å². The van der Waals surface area contributed by atoms with Gasteiger partial charge in [0.2, 0.25) is 0 Å². The fourth-order valence-corrected chi connectivity index (χ4v) is 4.57. The predicted molar refractivity (Wildman–Crippen MR) is 96.5 cm³/mol. The molecule has 1 aliphatic rings. The maximum absolute atomic E-state index is 2.45. The molecule has 0 spiro atoms. The van der Waals surface area contributed by atoms with E-state index in [1.807, 2.05) is 11.3 Å². The molecule has 5 rings (SSSR count). The summed E-state index contributed by atoms with van der Waals surface area (Å²) in [5.74, 6) is 0. The number of para-hydroxylation sites is 1. The highest BCUT2D eigenvalue weighted by molar-refractivity contribution is 7.25. The monoisotopic (exact) mass is 301 g/mol. The molecule has 0 radical (unpaired) electrons. The molecule has 22 heavy (non-hydrogen) atoms. The first-order valence-corrected chi connectivity index (χ1v) is 8.48. The Morgan fingerprint density at radius 3 is 2.59 bits per heavy atom. The minimum atomic E-state index is 1.08. The fraction of sp³-hybridized carbons (Fsp3) is 0.100. The lowest BCUT2D eigenvalue weighted by atomic mass is 10.1. The van der Waals surface area contributed by atoms with E-state index in [0.717, 1.165) is 13.0 Å². The van der Waals surface area contributed by atoms with Gasteiger partial charge in [0.1, 0.15) is 0 Å². The highest BCUT2D eigenvalue weighted by Crippen LogP contribution is 2.39. The number of anilines is 2. The van der Waals surface area contributed by atoms with Gasteiger partial charge in [-0.25, -0.2) is 0 Å². The summed E-state index contributed by atoms with van der Waals surface area (Å²) in [4.78, 5) is 2.45. The van der Waals surface area contributed by atoms with Gasteiger partial charge < -0.3 is 4.90 Å². The lowest BCUT2D eigenvalue weighted by Gasteiger charge is -2.19. The summed E-state index contributed by atoms with van der Waals surface area (Å²) in [6.45, 7) is 1.08. The molecule has 0 aliphatic carbocycles. The second-order valence-electron chi connectivity index (χ2n) is 5.81. The maximum atomic E-state index is 2.45. The fourth-order valence-electron chi connectivity index (χ4n) is 3.49. The largest absolute Gasteiger partial charge is 0.341 e. The van der Waals surface area contributed by atoms with Crippen LogP contribution in [0, 0.1) is 0 Å². The van der Waals surface area contributed by atoms with Crippen molar-refractivity contribution < 1.29 is 0 Å². The minimum absolute atomic E-state index is 1.08. The Morgan fingerprint density at radius 1 is 0.773 bits per heavy atom. The summed E-state index contributed by atoms with van der Waals surface area (Å²) in [5, 5.41) is 2.75. The molecule has 3 aromatic carbocycles. The number of thiophene rings is 1. The van der Waals surface area contributed by atoms with E-state index in [2.05, 4.69) is 71.6 Å². The van der Waals surface area contributed by atoms with Crippen molar-refractivity contribution in [3.05, 3.63) is 72.3 Å². The van der Waals surface area contributed by atoms with E-state index < -0.39 is 0 Å². The number of rotatable bonds is 1. The summed E-state index contributed by atoms with van der Waals surface area (Å²) in [5.41, 5.74) is 4.13. The smallest absolute Gasteiger partial charge is 0.0444 e. The highest BCUT2D eigenvalue weighted by Gasteiger charge is 2.20. The van der Waals surface area contributed by atoms with Crippen LogP contribution in [0.1, 0.15) is 5.56 Å². The van der Waals surface area contributed by atoms with Crippen LogP contribution >= 0.6 is 11.3 Å². The zero-order chi connectivity index (χ0) is 14.5. The van der Waals surface area contributed by atoms with Crippen LogP contribution in [0.15, 0.2) is 66.7 Å². The first kappa shape index (κ1) is 12.2. The Hall–Kier alpha value is -2.32. The Kier molecular flexibility index (Phi) is 2.55. The van der Waals surface area contributed by atoms with E-state index in [4.69, 9.17) is 0 Å². The van der Waals surface area contributed by atoms with Crippen molar-refractivity contribution in [2.75, 3.05) is 11.4 Å². The third-order valence-corrected chi connectivity index (χ3v) is 5.71. The molecule has 0 bridgehead atoms. The number of nitrogens with zero attached hydrogens (tertiary/aromatic N) is 1. The van der Waals surface area contributed by atoms with Gasteiger partial charge in [-0.1, -0.05) is 36.4 Å². The lowest BCUT2D eigenvalue weighted by molar-refractivity contribution is 1.000. The van der Waals surface area contributed by atoms with E-state index in [-0.39, 0.29) is 0 Å². The molecule has 0 saturated carbocycles. The molecule has 0 N–H and O–H groups in total. The average molecular weight is 301 g/mol. The summed E-state index contributed by atoms with van der Waals surface area (Å²) >= 11 is 1.88. The van der Waals surface area contributed by atoms with Crippen molar-refractivity contribution in [2.24, 2.45) is 0 Å². The topological polar surface area (TPSA) is 3.24 Å². The highest BCUT2D eigenvalue weighted by atomic mass is 32.1. The summed E-state index contributed by atoms with van der Waals surface area (Å²) in [7, 11) is 0. The standard InChI is InChI=1S/C20H15NS/c1-3-7-18-14(5-1)11-12-21(18)15-9-10-20-17(13-15)16-6-2-4-8-19(16)22-20/h1-10,13H,11-12H2. The van der Waals surface area contributed by atoms with Crippen molar-refractivity contribution in [1.29, 1.82) is 0 Å². The van der Waals surface area contributed by atoms with Gasteiger partial charge in [0.15, 0.2) is 0 Å². The van der Waals surface area contributed by atoms with E-state index >= 15 is 0 Å². The summed E-state index contributed by atoms with van der Waals surface area (Å²) in [6.07, 6.45) is 1.14. The second-order valence-corrected chi connectivity index (χ2v) is 6.89.